The number of benzene rings is 2. The molecule has 0 bridgehead atoms. The molecular formula is C17H17FN2O2S. The van der Waals surface area contributed by atoms with Crippen LogP contribution in [0.4, 0.5) is 10.1 Å². The molecule has 6 heteroatoms. The van der Waals surface area contributed by atoms with Crippen LogP contribution in [0.1, 0.15) is 28.9 Å². The minimum atomic E-state index is -0.410. The maximum absolute atomic E-state index is 12.9. The first-order chi connectivity index (χ1) is 11.0. The number of halogens is 1. The van der Waals surface area contributed by atoms with Gasteiger partial charge in [0.05, 0.1) is 18.7 Å². The van der Waals surface area contributed by atoms with E-state index in [1.807, 2.05) is 6.92 Å². The molecule has 0 aromatic heterocycles. The summed E-state index contributed by atoms with van der Waals surface area (Å²) in [5.74, 6) is -0.687. The third-order valence-corrected chi connectivity index (χ3v) is 3.48. The molecule has 2 N–H and O–H groups in total. The molecule has 0 radical (unpaired) electrons. The molecule has 1 unspecified atom stereocenters. The zero-order valence-corrected chi connectivity index (χ0v) is 13.6. The molecule has 2 aromatic carbocycles. The molecule has 0 spiro atoms. The highest BCUT2D eigenvalue weighted by Gasteiger charge is 2.09. The van der Waals surface area contributed by atoms with Crippen LogP contribution in [0, 0.1) is 5.82 Å². The fourth-order valence-electron chi connectivity index (χ4n) is 2.04. The second-order valence-electron chi connectivity index (χ2n) is 4.94. The summed E-state index contributed by atoms with van der Waals surface area (Å²) in [6, 6.07) is 13.0. The molecule has 23 heavy (non-hydrogen) atoms. The van der Waals surface area contributed by atoms with Crippen LogP contribution in [-0.2, 0) is 4.74 Å². The predicted molar refractivity (Wildman–Crippen MR) is 92.0 cm³/mol. The minimum absolute atomic E-state index is 0.0839. The Kier molecular flexibility index (Phi) is 5.65. The van der Waals surface area contributed by atoms with Gasteiger partial charge in [0.2, 0.25) is 0 Å². The molecule has 4 nitrogen and oxygen atoms in total. The molecule has 2 rings (SSSR count). The van der Waals surface area contributed by atoms with Crippen molar-refractivity contribution in [2.75, 3.05) is 12.4 Å². The standard InChI is InChI=1S/C17H17FN2O2S/c1-11(12-6-8-14(18)9-7-12)19-17(23)20-15-5-3-4-13(10-15)16(21)22-2/h3-11H,1-2H3,(H2,19,20,23). The van der Waals surface area contributed by atoms with Gasteiger partial charge in [-0.15, -0.1) is 0 Å². The molecule has 0 saturated heterocycles. The summed E-state index contributed by atoms with van der Waals surface area (Å²) in [6.07, 6.45) is 0. The Morgan fingerprint density at radius 2 is 1.91 bits per heavy atom. The number of nitrogens with one attached hydrogen (secondary N) is 2. The molecule has 0 heterocycles. The lowest BCUT2D eigenvalue weighted by Gasteiger charge is -2.17. The van der Waals surface area contributed by atoms with E-state index in [0.29, 0.717) is 16.4 Å². The van der Waals surface area contributed by atoms with Gasteiger partial charge in [-0.25, -0.2) is 9.18 Å². The number of rotatable bonds is 4. The first kappa shape index (κ1) is 16.9. The van der Waals surface area contributed by atoms with Crippen molar-refractivity contribution < 1.29 is 13.9 Å². The predicted octanol–water partition coefficient (Wildman–Crippen LogP) is 3.66. The number of methoxy groups -OCH3 is 1. The van der Waals surface area contributed by atoms with E-state index >= 15 is 0 Å². The van der Waals surface area contributed by atoms with Crippen molar-refractivity contribution in [1.82, 2.24) is 5.32 Å². The van der Waals surface area contributed by atoms with Gasteiger partial charge in [0.15, 0.2) is 5.11 Å². The van der Waals surface area contributed by atoms with Crippen LogP contribution < -0.4 is 10.6 Å². The maximum Gasteiger partial charge on any atom is 0.337 e. The average Bonchev–Trinajstić information content (AvgIpc) is 2.54. The molecule has 2 aromatic rings. The van der Waals surface area contributed by atoms with Crippen molar-refractivity contribution >= 4 is 29.0 Å². The van der Waals surface area contributed by atoms with Crippen molar-refractivity contribution in [3.05, 3.63) is 65.5 Å². The number of anilines is 1. The Balaban J connectivity index is 1.99. The van der Waals surface area contributed by atoms with Crippen LogP contribution in [-0.4, -0.2) is 18.2 Å². The molecule has 0 aliphatic heterocycles. The molecule has 1 atom stereocenters. The Morgan fingerprint density at radius 3 is 2.57 bits per heavy atom. The zero-order valence-electron chi connectivity index (χ0n) is 12.8. The van der Waals surface area contributed by atoms with Crippen molar-refractivity contribution in [2.24, 2.45) is 0 Å². The molecule has 0 fully saturated rings. The van der Waals surface area contributed by atoms with Crippen LogP contribution in [0.5, 0.6) is 0 Å². The summed E-state index contributed by atoms with van der Waals surface area (Å²) in [7, 11) is 1.33. The van der Waals surface area contributed by atoms with Crippen LogP contribution in [0.15, 0.2) is 48.5 Å². The Morgan fingerprint density at radius 1 is 1.22 bits per heavy atom. The Labute approximate surface area is 139 Å². The van der Waals surface area contributed by atoms with Gasteiger partial charge in [-0.1, -0.05) is 18.2 Å². The summed E-state index contributed by atoms with van der Waals surface area (Å²) in [5.41, 5.74) is 2.03. The number of hydrogen-bond acceptors (Lipinski definition) is 3. The van der Waals surface area contributed by atoms with Gasteiger partial charge in [-0.2, -0.15) is 0 Å². The summed E-state index contributed by atoms with van der Waals surface area (Å²) < 4.78 is 17.6. The summed E-state index contributed by atoms with van der Waals surface area (Å²) >= 11 is 5.26. The fraction of sp³-hybridized carbons (Fsp3) is 0.176. The highest BCUT2D eigenvalue weighted by molar-refractivity contribution is 7.80. The van der Waals surface area contributed by atoms with Crippen LogP contribution in [0.3, 0.4) is 0 Å². The third-order valence-electron chi connectivity index (χ3n) is 3.26. The van der Waals surface area contributed by atoms with Gasteiger partial charge in [-0.05, 0) is 55.0 Å². The molecule has 120 valence electrons. The lowest BCUT2D eigenvalue weighted by Crippen LogP contribution is -2.30. The smallest absolute Gasteiger partial charge is 0.337 e. The highest BCUT2D eigenvalue weighted by atomic mass is 32.1. The second-order valence-corrected chi connectivity index (χ2v) is 5.35. The van der Waals surface area contributed by atoms with Crippen molar-refractivity contribution in [3.8, 4) is 0 Å². The van der Waals surface area contributed by atoms with E-state index in [9.17, 15) is 9.18 Å². The normalized spacial score (nSPS) is 11.4. The zero-order chi connectivity index (χ0) is 16.8. The van der Waals surface area contributed by atoms with E-state index in [-0.39, 0.29) is 11.9 Å². The third kappa shape index (κ3) is 4.75. The molecule has 0 aliphatic carbocycles. The van der Waals surface area contributed by atoms with Crippen molar-refractivity contribution in [2.45, 2.75) is 13.0 Å². The van der Waals surface area contributed by atoms with Gasteiger partial charge in [0, 0.05) is 5.69 Å². The monoisotopic (exact) mass is 332 g/mol. The van der Waals surface area contributed by atoms with Gasteiger partial charge >= 0.3 is 5.97 Å². The number of esters is 1. The minimum Gasteiger partial charge on any atom is -0.465 e. The van der Waals surface area contributed by atoms with Crippen LogP contribution >= 0.6 is 12.2 Å². The van der Waals surface area contributed by atoms with Crippen molar-refractivity contribution in [3.63, 3.8) is 0 Å². The van der Waals surface area contributed by atoms with E-state index in [1.54, 1.807) is 36.4 Å². The molecule has 0 saturated carbocycles. The van der Waals surface area contributed by atoms with Gasteiger partial charge in [-0.3, -0.25) is 0 Å². The van der Waals surface area contributed by atoms with E-state index < -0.39 is 5.97 Å². The second kappa shape index (κ2) is 7.69. The summed E-state index contributed by atoms with van der Waals surface area (Å²) in [6.45, 7) is 1.92. The number of carbonyl (C=O) groups excluding carboxylic acids is 1. The SMILES string of the molecule is COC(=O)c1cccc(NC(=S)NC(C)c2ccc(F)cc2)c1. The first-order valence-electron chi connectivity index (χ1n) is 7.01. The maximum atomic E-state index is 12.9. The Hall–Kier alpha value is -2.47. The lowest BCUT2D eigenvalue weighted by molar-refractivity contribution is 0.0601. The molecular weight excluding hydrogens is 315 g/mol. The van der Waals surface area contributed by atoms with Crippen LogP contribution in [0.2, 0.25) is 0 Å². The van der Waals surface area contributed by atoms with E-state index in [1.165, 1.54) is 19.2 Å². The van der Waals surface area contributed by atoms with Crippen molar-refractivity contribution in [1.29, 1.82) is 0 Å². The van der Waals surface area contributed by atoms with Crippen LogP contribution in [0.25, 0.3) is 0 Å². The topological polar surface area (TPSA) is 50.4 Å². The average molecular weight is 332 g/mol. The van der Waals surface area contributed by atoms with Gasteiger partial charge < -0.3 is 15.4 Å². The van der Waals surface area contributed by atoms with Gasteiger partial charge in [0.1, 0.15) is 5.82 Å². The fourth-order valence-corrected chi connectivity index (χ4v) is 2.34. The number of carbonyl (C=O) groups is 1. The summed E-state index contributed by atoms with van der Waals surface area (Å²) in [5, 5.41) is 6.53. The number of ether oxygens (including phenoxy) is 1. The number of hydrogen-bond donors (Lipinski definition) is 2. The molecule has 0 aliphatic rings. The quantitative estimate of drug-likeness (QED) is 0.661. The molecule has 0 amide bonds. The number of thiocarbonyl (C=S) groups is 1. The first-order valence-corrected chi connectivity index (χ1v) is 7.42. The van der Waals surface area contributed by atoms with Gasteiger partial charge in [0.25, 0.3) is 0 Å². The van der Waals surface area contributed by atoms with E-state index in [2.05, 4.69) is 15.4 Å². The van der Waals surface area contributed by atoms with E-state index in [0.717, 1.165) is 5.56 Å². The lowest BCUT2D eigenvalue weighted by atomic mass is 10.1. The van der Waals surface area contributed by atoms with E-state index in [4.69, 9.17) is 12.2 Å². The summed E-state index contributed by atoms with van der Waals surface area (Å²) in [4.78, 5) is 11.5. The highest BCUT2D eigenvalue weighted by Crippen LogP contribution is 2.15. The Bertz CT molecular complexity index is 704. The largest absolute Gasteiger partial charge is 0.465 e.